The average molecular weight is 353 g/mol. The topological polar surface area (TPSA) is 73.8 Å². The highest BCUT2D eigenvalue weighted by Crippen LogP contribution is 2.27. The predicted molar refractivity (Wildman–Crippen MR) is 97.5 cm³/mol. The highest BCUT2D eigenvalue weighted by atomic mass is 32.2. The molecule has 24 heavy (non-hydrogen) atoms. The van der Waals surface area contributed by atoms with E-state index in [1.165, 1.54) is 17.1 Å². The second kappa shape index (κ2) is 7.98. The molecule has 0 spiro atoms. The molecule has 0 aliphatic heterocycles. The molecule has 1 saturated carbocycles. The first-order chi connectivity index (χ1) is 11.3. The molecule has 134 valence electrons. The van der Waals surface area contributed by atoms with Gasteiger partial charge in [-0.25, -0.2) is 8.42 Å². The van der Waals surface area contributed by atoms with Crippen LogP contribution in [-0.4, -0.2) is 45.4 Å². The van der Waals surface area contributed by atoms with Gasteiger partial charge >= 0.3 is 0 Å². The number of hydrogen-bond acceptors (Lipinski definition) is 3. The summed E-state index contributed by atoms with van der Waals surface area (Å²) in [5.74, 6) is 1.56. The van der Waals surface area contributed by atoms with Crippen LogP contribution in [-0.2, 0) is 16.6 Å². The van der Waals surface area contributed by atoms with Gasteiger partial charge in [0, 0.05) is 33.2 Å². The van der Waals surface area contributed by atoms with Gasteiger partial charge < -0.3 is 10.6 Å². The Balaban J connectivity index is 1.93. The second-order valence-electron chi connectivity index (χ2n) is 6.51. The fourth-order valence-corrected chi connectivity index (χ4v) is 3.56. The van der Waals surface area contributed by atoms with Gasteiger partial charge in [0.15, 0.2) is 5.96 Å². The highest BCUT2D eigenvalue weighted by molar-refractivity contribution is 7.89. The van der Waals surface area contributed by atoms with E-state index in [2.05, 4.69) is 15.6 Å². The van der Waals surface area contributed by atoms with Gasteiger partial charge in [0.1, 0.15) is 0 Å². The Labute approximate surface area is 145 Å². The molecule has 1 aliphatic rings. The molecular weight excluding hydrogens is 324 g/mol. The highest BCUT2D eigenvalue weighted by Gasteiger charge is 2.23. The van der Waals surface area contributed by atoms with Crippen LogP contribution in [0.15, 0.2) is 34.2 Å². The lowest BCUT2D eigenvalue weighted by atomic mass is 10.2. The fraction of sp³-hybridized carbons (Fsp3) is 0.588. The van der Waals surface area contributed by atoms with E-state index >= 15 is 0 Å². The molecule has 2 N–H and O–H groups in total. The van der Waals surface area contributed by atoms with Crippen LogP contribution >= 0.6 is 0 Å². The second-order valence-corrected chi connectivity index (χ2v) is 8.51. The van der Waals surface area contributed by atoms with Crippen molar-refractivity contribution >= 4 is 16.0 Å². The Kier molecular flexibility index (Phi) is 6.23. The minimum Gasteiger partial charge on any atom is -0.356 e. The average Bonchev–Trinajstić information content (AvgIpc) is 3.39. The maximum absolute atomic E-state index is 12.4. The SMILES string of the molecule is CN=C(NCc1ccc(S(=O)(=O)N(C)C(C)C)cc1)NCC1CC1. The van der Waals surface area contributed by atoms with Gasteiger partial charge in [0.2, 0.25) is 10.0 Å². The lowest BCUT2D eigenvalue weighted by molar-refractivity contribution is 0.410. The van der Waals surface area contributed by atoms with Crippen molar-refractivity contribution in [1.29, 1.82) is 0 Å². The first-order valence-corrected chi connectivity index (χ1v) is 9.80. The molecule has 0 atom stereocenters. The largest absolute Gasteiger partial charge is 0.356 e. The van der Waals surface area contributed by atoms with Crippen molar-refractivity contribution in [3.63, 3.8) is 0 Å². The van der Waals surface area contributed by atoms with Gasteiger partial charge in [-0.3, -0.25) is 4.99 Å². The normalized spacial score (nSPS) is 15.8. The molecule has 0 aromatic heterocycles. The number of nitrogens with zero attached hydrogens (tertiary/aromatic N) is 2. The number of aliphatic imine (C=N–C) groups is 1. The zero-order chi connectivity index (χ0) is 17.7. The molecule has 0 radical (unpaired) electrons. The molecule has 0 unspecified atom stereocenters. The smallest absolute Gasteiger partial charge is 0.243 e. The van der Waals surface area contributed by atoms with E-state index < -0.39 is 10.0 Å². The van der Waals surface area contributed by atoms with E-state index in [9.17, 15) is 8.42 Å². The minimum atomic E-state index is -3.43. The summed E-state index contributed by atoms with van der Waals surface area (Å²) in [7, 11) is -0.0735. The van der Waals surface area contributed by atoms with Gasteiger partial charge in [-0.1, -0.05) is 12.1 Å². The van der Waals surface area contributed by atoms with Crippen molar-refractivity contribution in [2.45, 2.75) is 44.2 Å². The third-order valence-electron chi connectivity index (χ3n) is 4.27. The molecule has 1 fully saturated rings. The van der Waals surface area contributed by atoms with Crippen LogP contribution in [0.1, 0.15) is 32.3 Å². The molecule has 7 heteroatoms. The lowest BCUT2D eigenvalue weighted by Gasteiger charge is -2.21. The quantitative estimate of drug-likeness (QED) is 0.580. The van der Waals surface area contributed by atoms with E-state index in [0.29, 0.717) is 11.4 Å². The van der Waals surface area contributed by atoms with Crippen molar-refractivity contribution in [3.8, 4) is 0 Å². The van der Waals surface area contributed by atoms with Crippen LogP contribution in [0.4, 0.5) is 0 Å². The zero-order valence-electron chi connectivity index (χ0n) is 14.9. The van der Waals surface area contributed by atoms with Gasteiger partial charge in [-0.2, -0.15) is 4.31 Å². The molecule has 1 aromatic rings. The van der Waals surface area contributed by atoms with Crippen molar-refractivity contribution in [2.24, 2.45) is 10.9 Å². The monoisotopic (exact) mass is 352 g/mol. The van der Waals surface area contributed by atoms with E-state index in [1.807, 2.05) is 26.0 Å². The third kappa shape index (κ3) is 4.95. The van der Waals surface area contributed by atoms with E-state index in [0.717, 1.165) is 24.0 Å². The Morgan fingerprint density at radius 3 is 2.38 bits per heavy atom. The molecule has 2 rings (SSSR count). The number of benzene rings is 1. The van der Waals surface area contributed by atoms with Crippen molar-refractivity contribution < 1.29 is 8.42 Å². The summed E-state index contributed by atoms with van der Waals surface area (Å²) in [6.45, 7) is 5.27. The predicted octanol–water partition coefficient (Wildman–Crippen LogP) is 1.79. The summed E-state index contributed by atoms with van der Waals surface area (Å²) in [6, 6.07) is 6.92. The zero-order valence-corrected chi connectivity index (χ0v) is 15.7. The molecule has 1 aromatic carbocycles. The Morgan fingerprint density at radius 1 is 1.25 bits per heavy atom. The summed E-state index contributed by atoms with van der Waals surface area (Å²) in [5.41, 5.74) is 1.01. The lowest BCUT2D eigenvalue weighted by Crippen LogP contribution is -2.37. The van der Waals surface area contributed by atoms with Crippen LogP contribution in [0, 0.1) is 5.92 Å². The number of rotatable bonds is 7. The van der Waals surface area contributed by atoms with Crippen molar-refractivity contribution in [3.05, 3.63) is 29.8 Å². The minimum absolute atomic E-state index is 0.0720. The van der Waals surface area contributed by atoms with Crippen molar-refractivity contribution in [1.82, 2.24) is 14.9 Å². The van der Waals surface area contributed by atoms with Gasteiger partial charge in [0.25, 0.3) is 0 Å². The Hall–Kier alpha value is -1.60. The Morgan fingerprint density at radius 2 is 1.88 bits per heavy atom. The van der Waals surface area contributed by atoms with Crippen LogP contribution in [0.3, 0.4) is 0 Å². The summed E-state index contributed by atoms with van der Waals surface area (Å²) < 4.78 is 26.2. The number of guanidine groups is 1. The van der Waals surface area contributed by atoms with Crippen LogP contribution < -0.4 is 10.6 Å². The third-order valence-corrected chi connectivity index (χ3v) is 6.31. The van der Waals surface area contributed by atoms with Gasteiger partial charge in [0.05, 0.1) is 4.90 Å². The molecule has 0 saturated heterocycles. The summed E-state index contributed by atoms with van der Waals surface area (Å²) in [6.07, 6.45) is 2.59. The maximum atomic E-state index is 12.4. The molecule has 0 bridgehead atoms. The van der Waals surface area contributed by atoms with Gasteiger partial charge in [-0.05, 0) is 50.3 Å². The number of hydrogen-bond donors (Lipinski definition) is 2. The molecule has 1 aliphatic carbocycles. The first kappa shape index (κ1) is 18.7. The van der Waals surface area contributed by atoms with Crippen LogP contribution in [0.5, 0.6) is 0 Å². The Bertz CT molecular complexity index is 664. The molecular formula is C17H28N4O2S. The molecule has 0 amide bonds. The van der Waals surface area contributed by atoms with E-state index in [-0.39, 0.29) is 6.04 Å². The van der Waals surface area contributed by atoms with E-state index in [1.54, 1.807) is 26.2 Å². The summed E-state index contributed by atoms with van der Waals surface area (Å²) in [4.78, 5) is 4.51. The fourth-order valence-electron chi connectivity index (χ4n) is 2.19. The maximum Gasteiger partial charge on any atom is 0.243 e. The van der Waals surface area contributed by atoms with E-state index in [4.69, 9.17) is 0 Å². The summed E-state index contributed by atoms with van der Waals surface area (Å²) >= 11 is 0. The van der Waals surface area contributed by atoms with Crippen LogP contribution in [0.2, 0.25) is 0 Å². The first-order valence-electron chi connectivity index (χ1n) is 8.36. The van der Waals surface area contributed by atoms with Crippen LogP contribution in [0.25, 0.3) is 0 Å². The molecule has 6 nitrogen and oxygen atoms in total. The van der Waals surface area contributed by atoms with Gasteiger partial charge in [-0.15, -0.1) is 0 Å². The molecule has 0 heterocycles. The number of nitrogens with one attached hydrogen (secondary N) is 2. The standard InChI is InChI=1S/C17H28N4O2S/c1-13(2)21(4)24(22,23)16-9-7-15(8-10-16)12-20-17(18-3)19-11-14-5-6-14/h7-10,13-14H,5-6,11-12H2,1-4H3,(H2,18,19,20). The summed E-state index contributed by atoms with van der Waals surface area (Å²) in [5, 5.41) is 6.55. The van der Waals surface area contributed by atoms with Crippen molar-refractivity contribution in [2.75, 3.05) is 20.6 Å². The number of sulfonamides is 1.